The summed E-state index contributed by atoms with van der Waals surface area (Å²) in [6, 6.07) is 4.19. The maximum atomic E-state index is 5.87. The zero-order chi connectivity index (χ0) is 14.7. The largest absolute Gasteiger partial charge is 0.441 e. The Bertz CT molecular complexity index is 583. The molecule has 0 spiro atoms. The first-order valence-electron chi connectivity index (χ1n) is 7.54. The van der Waals surface area contributed by atoms with Crippen LogP contribution in [0.4, 0.5) is 0 Å². The third-order valence-electron chi connectivity index (χ3n) is 3.84. The van der Waals surface area contributed by atoms with Gasteiger partial charge < -0.3 is 4.42 Å². The molecule has 0 aliphatic carbocycles. The van der Waals surface area contributed by atoms with Crippen molar-refractivity contribution in [3.8, 4) is 11.5 Å². The molecule has 108 valence electrons. The molecule has 0 aliphatic heterocycles. The van der Waals surface area contributed by atoms with Crippen molar-refractivity contribution in [2.45, 2.75) is 59.8 Å². The number of pyridine rings is 1. The van der Waals surface area contributed by atoms with Crippen LogP contribution in [0.25, 0.3) is 11.5 Å². The van der Waals surface area contributed by atoms with Gasteiger partial charge in [0.05, 0.1) is 5.69 Å². The van der Waals surface area contributed by atoms with E-state index in [1.54, 1.807) is 0 Å². The number of nitrogens with zero attached hydrogens (tertiary/aromatic N) is 2. The minimum Gasteiger partial charge on any atom is -0.441 e. The molecule has 2 rings (SSSR count). The van der Waals surface area contributed by atoms with Crippen molar-refractivity contribution < 1.29 is 4.42 Å². The van der Waals surface area contributed by atoms with Crippen molar-refractivity contribution in [1.29, 1.82) is 0 Å². The Balaban J connectivity index is 2.45. The Kier molecular flexibility index (Phi) is 4.58. The van der Waals surface area contributed by atoms with E-state index in [9.17, 15) is 0 Å². The number of hydrogen-bond donors (Lipinski definition) is 0. The predicted octanol–water partition coefficient (Wildman–Crippen LogP) is 4.82. The van der Waals surface area contributed by atoms with E-state index in [-0.39, 0.29) is 0 Å². The lowest BCUT2D eigenvalue weighted by molar-refractivity contribution is 0.522. The van der Waals surface area contributed by atoms with E-state index >= 15 is 0 Å². The van der Waals surface area contributed by atoms with Crippen molar-refractivity contribution in [3.05, 3.63) is 35.0 Å². The van der Waals surface area contributed by atoms with E-state index in [0.29, 0.717) is 5.92 Å². The van der Waals surface area contributed by atoms with E-state index in [0.717, 1.165) is 53.6 Å². The first-order valence-corrected chi connectivity index (χ1v) is 7.54. The van der Waals surface area contributed by atoms with E-state index in [2.05, 4.69) is 42.9 Å². The first kappa shape index (κ1) is 14.8. The maximum absolute atomic E-state index is 5.87. The van der Waals surface area contributed by atoms with Gasteiger partial charge in [0.15, 0.2) is 0 Å². The molecule has 0 fully saturated rings. The molecular formula is C17H24N2O. The van der Waals surface area contributed by atoms with Crippen LogP contribution >= 0.6 is 0 Å². The minimum atomic E-state index is 0.510. The van der Waals surface area contributed by atoms with Crippen molar-refractivity contribution in [1.82, 2.24) is 9.97 Å². The number of rotatable bonds is 5. The molecule has 0 N–H and O–H groups in total. The normalized spacial score (nSPS) is 11.3. The molecule has 0 bridgehead atoms. The summed E-state index contributed by atoms with van der Waals surface area (Å²) < 4.78 is 5.87. The molecular weight excluding hydrogens is 248 g/mol. The maximum Gasteiger partial charge on any atom is 0.226 e. The Morgan fingerprint density at radius 2 is 1.75 bits per heavy atom. The van der Waals surface area contributed by atoms with Gasteiger partial charge in [-0.15, -0.1) is 0 Å². The average molecular weight is 272 g/mol. The lowest BCUT2D eigenvalue weighted by atomic mass is 9.97. The summed E-state index contributed by atoms with van der Waals surface area (Å²) in [7, 11) is 0. The zero-order valence-electron chi connectivity index (χ0n) is 13.2. The van der Waals surface area contributed by atoms with Crippen LogP contribution in [0, 0.1) is 13.8 Å². The van der Waals surface area contributed by atoms with E-state index in [1.165, 1.54) is 0 Å². The molecule has 0 unspecified atom stereocenters. The Labute approximate surface area is 121 Å². The second-order valence-electron chi connectivity index (χ2n) is 5.32. The highest BCUT2D eigenvalue weighted by Crippen LogP contribution is 2.28. The molecule has 0 amide bonds. The van der Waals surface area contributed by atoms with E-state index < -0.39 is 0 Å². The second kappa shape index (κ2) is 6.21. The van der Waals surface area contributed by atoms with E-state index in [4.69, 9.17) is 4.42 Å². The fourth-order valence-corrected chi connectivity index (χ4v) is 2.61. The van der Waals surface area contributed by atoms with Crippen LogP contribution in [0.3, 0.4) is 0 Å². The van der Waals surface area contributed by atoms with Crippen LogP contribution in [0.1, 0.15) is 62.4 Å². The van der Waals surface area contributed by atoms with Crippen LogP contribution in [-0.2, 0) is 6.42 Å². The van der Waals surface area contributed by atoms with Crippen LogP contribution < -0.4 is 0 Å². The molecule has 0 saturated carbocycles. The smallest absolute Gasteiger partial charge is 0.226 e. The van der Waals surface area contributed by atoms with Gasteiger partial charge in [0.1, 0.15) is 5.76 Å². The van der Waals surface area contributed by atoms with Crippen molar-refractivity contribution >= 4 is 0 Å². The van der Waals surface area contributed by atoms with Crippen LogP contribution in [-0.4, -0.2) is 9.97 Å². The van der Waals surface area contributed by atoms with Crippen molar-refractivity contribution in [2.24, 2.45) is 0 Å². The average Bonchev–Trinajstić information content (AvgIpc) is 2.81. The van der Waals surface area contributed by atoms with Crippen molar-refractivity contribution in [3.63, 3.8) is 0 Å². The summed E-state index contributed by atoms with van der Waals surface area (Å²) in [4.78, 5) is 9.23. The van der Waals surface area contributed by atoms with Crippen LogP contribution in [0.15, 0.2) is 16.5 Å². The molecule has 0 aliphatic rings. The quantitative estimate of drug-likeness (QED) is 0.783. The topological polar surface area (TPSA) is 38.9 Å². The van der Waals surface area contributed by atoms with Crippen LogP contribution in [0.5, 0.6) is 0 Å². The van der Waals surface area contributed by atoms with Crippen molar-refractivity contribution in [2.75, 3.05) is 0 Å². The molecule has 0 atom stereocenters. The highest BCUT2D eigenvalue weighted by molar-refractivity contribution is 5.55. The first-order chi connectivity index (χ1) is 9.58. The summed E-state index contributed by atoms with van der Waals surface area (Å²) in [5, 5.41) is 0. The number of aryl methyl sites for hydroxylation is 3. The van der Waals surface area contributed by atoms with Gasteiger partial charge in [0, 0.05) is 29.3 Å². The molecule has 20 heavy (non-hydrogen) atoms. The summed E-state index contributed by atoms with van der Waals surface area (Å²) in [6.07, 6.45) is 3.09. The molecule has 3 heteroatoms. The summed E-state index contributed by atoms with van der Waals surface area (Å²) in [5.41, 5.74) is 4.21. The highest BCUT2D eigenvalue weighted by Gasteiger charge is 2.15. The molecule has 2 aromatic rings. The van der Waals surface area contributed by atoms with Gasteiger partial charge in [-0.2, -0.15) is 0 Å². The zero-order valence-corrected chi connectivity index (χ0v) is 13.2. The Morgan fingerprint density at radius 3 is 2.30 bits per heavy atom. The fraction of sp³-hybridized carbons (Fsp3) is 0.529. The lowest BCUT2D eigenvalue weighted by Crippen LogP contribution is -2.01. The van der Waals surface area contributed by atoms with Gasteiger partial charge in [-0.25, -0.2) is 4.98 Å². The molecule has 0 aromatic carbocycles. The summed E-state index contributed by atoms with van der Waals surface area (Å²) in [5.74, 6) is 2.20. The van der Waals surface area contributed by atoms with Gasteiger partial charge in [0.2, 0.25) is 5.89 Å². The Hall–Kier alpha value is -1.64. The monoisotopic (exact) mass is 272 g/mol. The predicted molar refractivity (Wildman–Crippen MR) is 81.9 cm³/mol. The fourth-order valence-electron chi connectivity index (χ4n) is 2.61. The number of oxazole rings is 1. The van der Waals surface area contributed by atoms with Gasteiger partial charge in [0.25, 0.3) is 0 Å². The molecule has 2 aromatic heterocycles. The molecule has 0 saturated heterocycles. The molecule has 0 radical (unpaired) electrons. The van der Waals surface area contributed by atoms with Gasteiger partial charge in [-0.1, -0.05) is 20.8 Å². The number of aromatic nitrogens is 2. The standard InChI is InChI=1S/C17H24N2O/c1-6-13(7-2)15-10-14(9-11(4)18-15)17-19-12(5)16(8-3)20-17/h9-10,13H,6-8H2,1-5H3. The molecule has 3 nitrogen and oxygen atoms in total. The SMILES string of the molecule is CCc1oc(-c2cc(C)nc(C(CC)CC)c2)nc1C. The number of hydrogen-bond acceptors (Lipinski definition) is 3. The van der Waals surface area contributed by atoms with Gasteiger partial charge >= 0.3 is 0 Å². The second-order valence-corrected chi connectivity index (χ2v) is 5.32. The van der Waals surface area contributed by atoms with Gasteiger partial charge in [-0.3, -0.25) is 4.98 Å². The van der Waals surface area contributed by atoms with Gasteiger partial charge in [-0.05, 0) is 38.8 Å². The lowest BCUT2D eigenvalue weighted by Gasteiger charge is -2.13. The summed E-state index contributed by atoms with van der Waals surface area (Å²) in [6.45, 7) is 10.5. The highest BCUT2D eigenvalue weighted by atomic mass is 16.4. The summed E-state index contributed by atoms with van der Waals surface area (Å²) >= 11 is 0. The van der Waals surface area contributed by atoms with E-state index in [1.807, 2.05) is 13.8 Å². The van der Waals surface area contributed by atoms with Crippen LogP contribution in [0.2, 0.25) is 0 Å². The molecule has 2 heterocycles. The minimum absolute atomic E-state index is 0.510. The third kappa shape index (κ3) is 2.92. The third-order valence-corrected chi connectivity index (χ3v) is 3.84. The Morgan fingerprint density at radius 1 is 1.05 bits per heavy atom.